The number of methoxy groups -OCH3 is 1. The molecule has 4 rings (SSSR count). The van der Waals surface area contributed by atoms with Crippen LogP contribution in [0.3, 0.4) is 0 Å². The Morgan fingerprint density at radius 3 is 2.38 bits per heavy atom. The third kappa shape index (κ3) is 7.40. The van der Waals surface area contributed by atoms with Crippen LogP contribution in [0.1, 0.15) is 16.1 Å². The smallest absolute Gasteiger partial charge is 0.268 e. The zero-order chi connectivity index (χ0) is 25.9. The van der Waals surface area contributed by atoms with Gasteiger partial charge in [0.15, 0.2) is 11.5 Å². The molecule has 4 aromatic rings. The molecule has 0 saturated heterocycles. The number of benzene rings is 3. The molecular weight excluding hydrogens is 488 g/mol. The van der Waals surface area contributed by atoms with Crippen molar-refractivity contribution < 1.29 is 19.0 Å². The molecule has 3 aromatic carbocycles. The first kappa shape index (κ1) is 25.4. The summed E-state index contributed by atoms with van der Waals surface area (Å²) in [4.78, 5) is 12.6. The monoisotopic (exact) mass is 512 g/mol. The van der Waals surface area contributed by atoms with Gasteiger partial charge in [0.2, 0.25) is 5.13 Å². The maximum absolute atomic E-state index is 12.6. The predicted molar refractivity (Wildman–Crippen MR) is 142 cm³/mol. The number of nitrogens with zero attached hydrogens (tertiary/aromatic N) is 3. The number of hydrogen-bond acceptors (Lipinski definition) is 8. The van der Waals surface area contributed by atoms with Crippen molar-refractivity contribution in [3.63, 3.8) is 0 Å². The molecular formula is C28H24N4O4S. The summed E-state index contributed by atoms with van der Waals surface area (Å²) in [5.74, 6) is 1.41. The molecule has 37 heavy (non-hydrogen) atoms. The lowest BCUT2D eigenvalue weighted by Gasteiger charge is -2.11. The zero-order valence-corrected chi connectivity index (χ0v) is 20.9. The second-order valence-electron chi connectivity index (χ2n) is 7.70. The van der Waals surface area contributed by atoms with E-state index in [1.54, 1.807) is 31.4 Å². The normalized spacial score (nSPS) is 10.9. The summed E-state index contributed by atoms with van der Waals surface area (Å²) in [5.41, 5.74) is 1.75. The largest absolute Gasteiger partial charge is 0.493 e. The van der Waals surface area contributed by atoms with E-state index in [1.165, 1.54) is 17.4 Å². The molecule has 0 unspecified atom stereocenters. The molecule has 1 N–H and O–H groups in total. The van der Waals surface area contributed by atoms with Gasteiger partial charge in [-0.15, -0.1) is 10.2 Å². The van der Waals surface area contributed by atoms with Crippen molar-refractivity contribution in [1.82, 2.24) is 10.2 Å². The highest BCUT2D eigenvalue weighted by Crippen LogP contribution is 2.25. The van der Waals surface area contributed by atoms with Crippen LogP contribution < -0.4 is 19.5 Å². The molecule has 0 aliphatic carbocycles. The van der Waals surface area contributed by atoms with E-state index in [0.717, 1.165) is 10.6 Å². The van der Waals surface area contributed by atoms with Gasteiger partial charge >= 0.3 is 0 Å². The summed E-state index contributed by atoms with van der Waals surface area (Å²) in [7, 11) is 1.59. The number of carbonyl (C=O) groups is 1. The van der Waals surface area contributed by atoms with Crippen molar-refractivity contribution in [3.8, 4) is 23.3 Å². The minimum Gasteiger partial charge on any atom is -0.493 e. The van der Waals surface area contributed by atoms with Crippen molar-refractivity contribution in [2.24, 2.45) is 0 Å². The van der Waals surface area contributed by atoms with Crippen LogP contribution in [-0.2, 0) is 11.2 Å². The van der Waals surface area contributed by atoms with Gasteiger partial charge in [0.05, 0.1) is 7.11 Å². The van der Waals surface area contributed by atoms with Crippen LogP contribution in [0.4, 0.5) is 5.13 Å². The molecule has 0 aliphatic heterocycles. The van der Waals surface area contributed by atoms with Crippen molar-refractivity contribution in [1.29, 1.82) is 5.26 Å². The molecule has 0 radical (unpaired) electrons. The third-order valence-electron chi connectivity index (χ3n) is 5.12. The van der Waals surface area contributed by atoms with Crippen molar-refractivity contribution in [2.75, 3.05) is 25.6 Å². The molecule has 0 saturated carbocycles. The third-order valence-corrected chi connectivity index (χ3v) is 5.96. The van der Waals surface area contributed by atoms with Gasteiger partial charge in [-0.3, -0.25) is 10.1 Å². The average molecular weight is 513 g/mol. The van der Waals surface area contributed by atoms with E-state index in [-0.39, 0.29) is 5.57 Å². The summed E-state index contributed by atoms with van der Waals surface area (Å²) in [6.07, 6.45) is 2.13. The highest BCUT2D eigenvalue weighted by atomic mass is 32.1. The van der Waals surface area contributed by atoms with Crippen LogP contribution in [0.25, 0.3) is 6.08 Å². The van der Waals surface area contributed by atoms with Crippen molar-refractivity contribution in [2.45, 2.75) is 6.42 Å². The number of nitrogens with one attached hydrogen (secondary N) is 1. The Hall–Kier alpha value is -4.68. The minimum atomic E-state index is -0.543. The zero-order valence-electron chi connectivity index (χ0n) is 20.1. The first-order chi connectivity index (χ1) is 18.1. The van der Waals surface area contributed by atoms with Crippen LogP contribution in [0.15, 0.2) is 84.4 Å². The van der Waals surface area contributed by atoms with Crippen LogP contribution >= 0.6 is 11.3 Å². The first-order valence-electron chi connectivity index (χ1n) is 11.4. The fourth-order valence-corrected chi connectivity index (χ4v) is 4.10. The summed E-state index contributed by atoms with van der Waals surface area (Å²) >= 11 is 1.28. The Morgan fingerprint density at radius 2 is 1.65 bits per heavy atom. The minimum absolute atomic E-state index is 0.0429. The lowest BCUT2D eigenvalue weighted by Crippen LogP contribution is -2.13. The number of anilines is 1. The quantitative estimate of drug-likeness (QED) is 0.168. The number of ether oxygens (including phenoxy) is 3. The molecule has 0 spiro atoms. The summed E-state index contributed by atoms with van der Waals surface area (Å²) < 4.78 is 16.7. The van der Waals surface area contributed by atoms with Crippen LogP contribution in [0, 0.1) is 11.3 Å². The Morgan fingerprint density at radius 1 is 0.946 bits per heavy atom. The molecule has 1 heterocycles. The highest BCUT2D eigenvalue weighted by molar-refractivity contribution is 7.15. The second-order valence-corrected chi connectivity index (χ2v) is 8.77. The van der Waals surface area contributed by atoms with Crippen molar-refractivity contribution >= 4 is 28.5 Å². The van der Waals surface area contributed by atoms with Gasteiger partial charge in [0, 0.05) is 6.42 Å². The molecule has 0 aliphatic rings. The number of rotatable bonds is 11. The Kier molecular flexibility index (Phi) is 8.83. The molecule has 0 bridgehead atoms. The van der Waals surface area contributed by atoms with Crippen molar-refractivity contribution in [3.05, 3.63) is 101 Å². The lowest BCUT2D eigenvalue weighted by atomic mass is 10.1. The summed E-state index contributed by atoms with van der Waals surface area (Å²) in [6.45, 7) is 0.687. The molecule has 9 heteroatoms. The van der Waals surface area contributed by atoms with Crippen LogP contribution in [0.5, 0.6) is 17.2 Å². The number of carbonyl (C=O) groups excluding carboxylic acids is 1. The Labute approximate surface area is 218 Å². The maximum Gasteiger partial charge on any atom is 0.268 e. The van der Waals surface area contributed by atoms with E-state index >= 15 is 0 Å². The number of para-hydroxylation sites is 2. The van der Waals surface area contributed by atoms with Gasteiger partial charge in [-0.05, 0) is 41.5 Å². The topological polar surface area (TPSA) is 106 Å². The lowest BCUT2D eigenvalue weighted by molar-refractivity contribution is -0.112. The molecule has 8 nitrogen and oxygen atoms in total. The number of hydrogen-bond donors (Lipinski definition) is 1. The number of aromatic nitrogens is 2. The maximum atomic E-state index is 12.6. The number of amides is 1. The Bertz CT molecular complexity index is 1400. The molecule has 0 fully saturated rings. The fraction of sp³-hybridized carbons (Fsp3) is 0.143. The van der Waals surface area contributed by atoms with Gasteiger partial charge in [-0.2, -0.15) is 5.26 Å². The number of nitriles is 1. The van der Waals surface area contributed by atoms with E-state index in [4.69, 9.17) is 14.2 Å². The van der Waals surface area contributed by atoms with Crippen LogP contribution in [-0.4, -0.2) is 36.4 Å². The van der Waals surface area contributed by atoms with Gasteiger partial charge in [0.1, 0.15) is 35.6 Å². The van der Waals surface area contributed by atoms with Gasteiger partial charge < -0.3 is 14.2 Å². The molecule has 186 valence electrons. The highest BCUT2D eigenvalue weighted by Gasteiger charge is 2.13. The fourth-order valence-electron chi connectivity index (χ4n) is 3.34. The second kappa shape index (κ2) is 12.9. The van der Waals surface area contributed by atoms with Crippen LogP contribution in [0.2, 0.25) is 0 Å². The Balaban J connectivity index is 1.28. The van der Waals surface area contributed by atoms with E-state index in [0.29, 0.717) is 47.6 Å². The predicted octanol–water partition coefficient (Wildman–Crippen LogP) is 5.14. The van der Waals surface area contributed by atoms with E-state index < -0.39 is 5.91 Å². The van der Waals surface area contributed by atoms with Gasteiger partial charge in [0.25, 0.3) is 5.91 Å². The molecule has 1 aromatic heterocycles. The average Bonchev–Trinajstić information content (AvgIpc) is 3.37. The molecule has 0 atom stereocenters. The van der Waals surface area contributed by atoms with E-state index in [1.807, 2.05) is 60.7 Å². The van der Waals surface area contributed by atoms with Gasteiger partial charge in [-0.1, -0.05) is 65.9 Å². The summed E-state index contributed by atoms with van der Waals surface area (Å²) in [5, 5.41) is 21.4. The SMILES string of the molecule is COc1ccccc1OCCOc1ccc(/C=C(/C#N)C(=O)Nc2nnc(Cc3ccccc3)s2)cc1. The summed E-state index contributed by atoms with van der Waals surface area (Å²) in [6, 6.07) is 26.3. The van der Waals surface area contributed by atoms with E-state index in [2.05, 4.69) is 15.5 Å². The van der Waals surface area contributed by atoms with E-state index in [9.17, 15) is 10.1 Å². The van der Waals surface area contributed by atoms with Gasteiger partial charge in [-0.25, -0.2) is 0 Å². The molecule has 1 amide bonds. The standard InChI is InChI=1S/C28H24N4O4S/c1-34-24-9-5-6-10-25(24)36-16-15-35-23-13-11-21(12-14-23)17-22(19-29)27(33)30-28-32-31-26(37-28)18-20-7-3-2-4-8-20/h2-14,17H,15-16,18H2,1H3,(H,30,32,33)/b22-17-. The first-order valence-corrected chi connectivity index (χ1v) is 12.2.